The van der Waals surface area contributed by atoms with Gasteiger partial charge in [-0.1, -0.05) is 18.9 Å². The predicted molar refractivity (Wildman–Crippen MR) is 88.9 cm³/mol. The molecule has 1 amide bonds. The molecule has 0 saturated heterocycles. The van der Waals surface area contributed by atoms with E-state index >= 15 is 0 Å². The van der Waals surface area contributed by atoms with E-state index in [0.717, 1.165) is 36.4 Å². The molecule has 1 aliphatic carbocycles. The highest BCUT2D eigenvalue weighted by Gasteiger charge is 2.39. The number of aromatic nitrogens is 5. The number of hydrogen-bond acceptors (Lipinski definition) is 6. The standard InChI is InChI=1S/C16H16N6OS/c23-14(12-4-3-5-13(10-12)22-11-18-20-21-22)19-16(6-1-2-7-16)15-17-8-9-24-15/h3-5,8-11H,1-2,6-7H2,(H,19,23). The Morgan fingerprint density at radius 1 is 1.29 bits per heavy atom. The number of thiazole rings is 1. The fourth-order valence-electron chi connectivity index (χ4n) is 3.19. The van der Waals surface area contributed by atoms with Gasteiger partial charge in [0.25, 0.3) is 5.91 Å². The molecule has 0 unspecified atom stereocenters. The molecule has 0 bridgehead atoms. The van der Waals surface area contributed by atoms with Gasteiger partial charge in [-0.25, -0.2) is 9.67 Å². The molecular weight excluding hydrogens is 324 g/mol. The number of amides is 1. The van der Waals surface area contributed by atoms with Crippen molar-refractivity contribution < 1.29 is 4.79 Å². The average Bonchev–Trinajstić information content (AvgIpc) is 3.36. The Hall–Kier alpha value is -2.61. The van der Waals surface area contributed by atoms with Gasteiger partial charge in [0.05, 0.1) is 11.2 Å². The van der Waals surface area contributed by atoms with Crippen LogP contribution in [0, 0.1) is 0 Å². The Morgan fingerprint density at radius 2 is 2.17 bits per heavy atom. The Labute approximate surface area is 142 Å². The number of carbonyl (C=O) groups is 1. The first-order chi connectivity index (χ1) is 11.8. The highest BCUT2D eigenvalue weighted by molar-refractivity contribution is 7.09. The summed E-state index contributed by atoms with van der Waals surface area (Å²) in [6.07, 6.45) is 7.36. The van der Waals surface area contributed by atoms with Crippen LogP contribution in [0.25, 0.3) is 5.69 Å². The fraction of sp³-hybridized carbons (Fsp3) is 0.312. The molecule has 0 spiro atoms. The number of tetrazole rings is 1. The lowest BCUT2D eigenvalue weighted by Gasteiger charge is -2.28. The summed E-state index contributed by atoms with van der Waals surface area (Å²) >= 11 is 1.60. The van der Waals surface area contributed by atoms with E-state index in [0.29, 0.717) is 5.56 Å². The highest BCUT2D eigenvalue weighted by atomic mass is 32.1. The van der Waals surface area contributed by atoms with Crippen molar-refractivity contribution in [3.05, 3.63) is 52.7 Å². The van der Waals surface area contributed by atoms with Crippen LogP contribution in [0.2, 0.25) is 0 Å². The van der Waals surface area contributed by atoms with Crippen molar-refractivity contribution in [1.82, 2.24) is 30.5 Å². The van der Waals surface area contributed by atoms with Gasteiger partial charge in [0.15, 0.2) is 0 Å². The molecular formula is C16H16N6OS. The Bertz CT molecular complexity index is 824. The quantitative estimate of drug-likeness (QED) is 0.788. The predicted octanol–water partition coefficient (Wildman–Crippen LogP) is 2.32. The minimum absolute atomic E-state index is 0.0953. The zero-order valence-corrected chi connectivity index (χ0v) is 13.7. The first-order valence-electron chi connectivity index (χ1n) is 7.83. The van der Waals surface area contributed by atoms with Crippen molar-refractivity contribution in [1.29, 1.82) is 0 Å². The van der Waals surface area contributed by atoms with Crippen LogP contribution in [-0.2, 0) is 5.54 Å². The number of nitrogens with one attached hydrogen (secondary N) is 1. The summed E-state index contributed by atoms with van der Waals surface area (Å²) in [6.45, 7) is 0. The fourth-order valence-corrected chi connectivity index (χ4v) is 4.04. The normalized spacial score (nSPS) is 16.2. The molecule has 1 aliphatic rings. The summed E-state index contributed by atoms with van der Waals surface area (Å²) in [5, 5.41) is 17.3. The number of rotatable bonds is 4. The second kappa shape index (κ2) is 6.12. The van der Waals surface area contributed by atoms with Crippen molar-refractivity contribution in [3.8, 4) is 5.69 Å². The molecule has 24 heavy (non-hydrogen) atoms. The molecule has 0 atom stereocenters. The van der Waals surface area contributed by atoms with Crippen molar-refractivity contribution in [2.45, 2.75) is 31.2 Å². The lowest BCUT2D eigenvalue weighted by Crippen LogP contribution is -2.43. The maximum atomic E-state index is 12.8. The summed E-state index contributed by atoms with van der Waals surface area (Å²) in [5.41, 5.74) is 1.00. The summed E-state index contributed by atoms with van der Waals surface area (Å²) in [6, 6.07) is 7.28. The van der Waals surface area contributed by atoms with E-state index in [2.05, 4.69) is 25.8 Å². The first-order valence-corrected chi connectivity index (χ1v) is 8.71. The zero-order chi connectivity index (χ0) is 16.4. The van der Waals surface area contributed by atoms with Crippen molar-refractivity contribution >= 4 is 17.2 Å². The van der Waals surface area contributed by atoms with Gasteiger partial charge in [0, 0.05) is 17.1 Å². The number of benzene rings is 1. The van der Waals surface area contributed by atoms with Crippen LogP contribution in [0.5, 0.6) is 0 Å². The van der Waals surface area contributed by atoms with E-state index in [1.165, 1.54) is 11.0 Å². The van der Waals surface area contributed by atoms with Crippen LogP contribution in [0.4, 0.5) is 0 Å². The summed E-state index contributed by atoms with van der Waals surface area (Å²) in [5.74, 6) is -0.0953. The molecule has 1 aromatic carbocycles. The van der Waals surface area contributed by atoms with Gasteiger partial charge >= 0.3 is 0 Å². The second-order valence-corrected chi connectivity index (χ2v) is 6.78. The van der Waals surface area contributed by atoms with Gasteiger partial charge in [0.2, 0.25) is 0 Å². The second-order valence-electron chi connectivity index (χ2n) is 5.89. The van der Waals surface area contributed by atoms with Gasteiger partial charge in [-0.05, 0) is 41.5 Å². The van der Waals surface area contributed by atoms with Crippen LogP contribution >= 0.6 is 11.3 Å². The molecule has 122 valence electrons. The summed E-state index contributed by atoms with van der Waals surface area (Å²) in [7, 11) is 0. The van der Waals surface area contributed by atoms with Crippen LogP contribution in [0.1, 0.15) is 41.0 Å². The van der Waals surface area contributed by atoms with E-state index < -0.39 is 0 Å². The van der Waals surface area contributed by atoms with E-state index in [9.17, 15) is 4.79 Å². The van der Waals surface area contributed by atoms with E-state index in [4.69, 9.17) is 0 Å². The largest absolute Gasteiger partial charge is 0.340 e. The molecule has 4 rings (SSSR count). The van der Waals surface area contributed by atoms with E-state index in [1.807, 2.05) is 17.5 Å². The third kappa shape index (κ3) is 2.69. The lowest BCUT2D eigenvalue weighted by molar-refractivity contribution is 0.0898. The lowest BCUT2D eigenvalue weighted by atomic mass is 9.97. The maximum absolute atomic E-state index is 12.8. The Balaban J connectivity index is 1.61. The highest BCUT2D eigenvalue weighted by Crippen LogP contribution is 2.39. The van der Waals surface area contributed by atoms with Crippen molar-refractivity contribution in [2.24, 2.45) is 0 Å². The topological polar surface area (TPSA) is 85.6 Å². The smallest absolute Gasteiger partial charge is 0.252 e. The van der Waals surface area contributed by atoms with Gasteiger partial charge in [-0.3, -0.25) is 4.79 Å². The van der Waals surface area contributed by atoms with Crippen molar-refractivity contribution in [3.63, 3.8) is 0 Å². The minimum Gasteiger partial charge on any atom is -0.340 e. The van der Waals surface area contributed by atoms with E-state index in [1.54, 1.807) is 29.7 Å². The first kappa shape index (κ1) is 14.9. The van der Waals surface area contributed by atoms with Crippen molar-refractivity contribution in [2.75, 3.05) is 0 Å². The SMILES string of the molecule is O=C(NC1(c2nccs2)CCCC1)c1cccc(-n2cnnn2)c1. The minimum atomic E-state index is -0.337. The third-order valence-corrected chi connectivity index (χ3v) is 5.35. The van der Waals surface area contributed by atoms with Crippen LogP contribution in [0.15, 0.2) is 42.2 Å². The van der Waals surface area contributed by atoms with Crippen LogP contribution < -0.4 is 5.32 Å². The van der Waals surface area contributed by atoms with Gasteiger partial charge < -0.3 is 5.32 Å². The number of hydrogen-bond donors (Lipinski definition) is 1. The number of nitrogens with zero attached hydrogens (tertiary/aromatic N) is 5. The van der Waals surface area contributed by atoms with E-state index in [-0.39, 0.29) is 11.4 Å². The van der Waals surface area contributed by atoms with Crippen LogP contribution in [-0.4, -0.2) is 31.1 Å². The molecule has 0 radical (unpaired) electrons. The molecule has 3 aromatic rings. The summed E-state index contributed by atoms with van der Waals surface area (Å²) < 4.78 is 1.53. The third-order valence-electron chi connectivity index (χ3n) is 4.37. The number of carbonyl (C=O) groups excluding carboxylic acids is 1. The van der Waals surface area contributed by atoms with Gasteiger partial charge in [-0.15, -0.1) is 16.4 Å². The molecule has 8 heteroatoms. The Kier molecular flexibility index (Phi) is 3.81. The molecule has 2 heterocycles. The molecule has 1 N–H and O–H groups in total. The monoisotopic (exact) mass is 340 g/mol. The van der Waals surface area contributed by atoms with Crippen LogP contribution in [0.3, 0.4) is 0 Å². The molecule has 0 aliphatic heterocycles. The zero-order valence-electron chi connectivity index (χ0n) is 12.9. The molecule has 1 saturated carbocycles. The Morgan fingerprint density at radius 3 is 2.88 bits per heavy atom. The molecule has 2 aromatic heterocycles. The molecule has 1 fully saturated rings. The summed E-state index contributed by atoms with van der Waals surface area (Å²) in [4.78, 5) is 17.3. The van der Waals surface area contributed by atoms with Gasteiger partial charge in [0.1, 0.15) is 11.3 Å². The average molecular weight is 340 g/mol. The van der Waals surface area contributed by atoms with Gasteiger partial charge in [-0.2, -0.15) is 0 Å². The maximum Gasteiger partial charge on any atom is 0.252 e. The molecule has 7 nitrogen and oxygen atoms in total.